The average Bonchev–Trinajstić information content (AvgIpc) is 2.40. The lowest BCUT2D eigenvalue weighted by atomic mass is 10.1. The quantitative estimate of drug-likeness (QED) is 0.811. The first-order chi connectivity index (χ1) is 8.67. The molecule has 0 heterocycles. The highest BCUT2D eigenvalue weighted by Gasteiger charge is 2.16. The fourth-order valence-corrected chi connectivity index (χ4v) is 2.33. The first-order valence-electron chi connectivity index (χ1n) is 5.93. The number of ether oxygens (including phenoxy) is 2. The predicted octanol–water partition coefficient (Wildman–Crippen LogP) is 2.50. The summed E-state index contributed by atoms with van der Waals surface area (Å²) in [6.45, 7) is 2.98. The molecule has 0 fully saturated rings. The minimum absolute atomic E-state index is 0.0358. The summed E-state index contributed by atoms with van der Waals surface area (Å²) in [5.41, 5.74) is 0.962. The van der Waals surface area contributed by atoms with E-state index in [-0.39, 0.29) is 12.6 Å². The molecule has 0 aromatic heterocycles. The van der Waals surface area contributed by atoms with Crippen molar-refractivity contribution in [3.8, 4) is 11.5 Å². The molecule has 0 bridgehead atoms. The van der Waals surface area contributed by atoms with Crippen molar-refractivity contribution in [2.75, 3.05) is 27.4 Å². The van der Waals surface area contributed by atoms with Gasteiger partial charge in [-0.3, -0.25) is 0 Å². The molecule has 2 N–H and O–H groups in total. The second-order valence-electron chi connectivity index (χ2n) is 3.92. The van der Waals surface area contributed by atoms with Crippen LogP contribution in [0, 0.1) is 0 Å². The summed E-state index contributed by atoms with van der Waals surface area (Å²) in [4.78, 5) is 0. The van der Waals surface area contributed by atoms with Gasteiger partial charge in [0.1, 0.15) is 0 Å². The molecule has 0 amide bonds. The second-order valence-corrected chi connectivity index (χ2v) is 4.77. The Bertz CT molecular complexity index is 385. The van der Waals surface area contributed by atoms with Crippen LogP contribution in [0.2, 0.25) is 0 Å². The average molecular weight is 318 g/mol. The highest BCUT2D eigenvalue weighted by Crippen LogP contribution is 2.35. The van der Waals surface area contributed by atoms with Crippen molar-refractivity contribution >= 4 is 15.9 Å². The smallest absolute Gasteiger partial charge is 0.161 e. The number of rotatable bonds is 7. The summed E-state index contributed by atoms with van der Waals surface area (Å²) in [6.07, 6.45) is 1.02. The topological polar surface area (TPSA) is 50.7 Å². The number of hydrogen-bond acceptors (Lipinski definition) is 4. The molecule has 0 radical (unpaired) electrons. The maximum absolute atomic E-state index is 9.47. The van der Waals surface area contributed by atoms with Crippen molar-refractivity contribution in [1.82, 2.24) is 5.32 Å². The summed E-state index contributed by atoms with van der Waals surface area (Å²) in [7, 11) is 3.20. The molecule has 0 saturated heterocycles. The molecule has 1 aromatic carbocycles. The van der Waals surface area contributed by atoms with Gasteiger partial charge in [0, 0.05) is 4.47 Å². The predicted molar refractivity (Wildman–Crippen MR) is 75.4 cm³/mol. The lowest BCUT2D eigenvalue weighted by molar-refractivity contribution is 0.244. The summed E-state index contributed by atoms with van der Waals surface area (Å²) in [5, 5.41) is 12.8. The van der Waals surface area contributed by atoms with Crippen LogP contribution in [0.25, 0.3) is 0 Å². The monoisotopic (exact) mass is 317 g/mol. The van der Waals surface area contributed by atoms with Gasteiger partial charge in [0.15, 0.2) is 11.5 Å². The van der Waals surface area contributed by atoms with Crippen molar-refractivity contribution in [2.45, 2.75) is 19.4 Å². The van der Waals surface area contributed by atoms with E-state index in [1.54, 1.807) is 14.2 Å². The Labute approximate surface area is 116 Å². The fraction of sp³-hybridized carbons (Fsp3) is 0.538. The van der Waals surface area contributed by atoms with Crippen molar-refractivity contribution < 1.29 is 14.6 Å². The SMILES string of the molecule is CCCNC(CO)c1cc(OC)c(OC)cc1Br. The van der Waals surface area contributed by atoms with E-state index < -0.39 is 0 Å². The molecule has 1 unspecified atom stereocenters. The molecule has 5 heteroatoms. The highest BCUT2D eigenvalue weighted by molar-refractivity contribution is 9.10. The van der Waals surface area contributed by atoms with Crippen molar-refractivity contribution in [3.05, 3.63) is 22.2 Å². The van der Waals surface area contributed by atoms with Gasteiger partial charge in [-0.05, 0) is 30.7 Å². The number of hydrogen-bond donors (Lipinski definition) is 2. The van der Waals surface area contributed by atoms with Crippen molar-refractivity contribution in [3.63, 3.8) is 0 Å². The number of nitrogens with one attached hydrogen (secondary N) is 1. The number of aliphatic hydroxyl groups excluding tert-OH is 1. The van der Waals surface area contributed by atoms with E-state index >= 15 is 0 Å². The van der Waals surface area contributed by atoms with Crippen LogP contribution in [0.15, 0.2) is 16.6 Å². The largest absolute Gasteiger partial charge is 0.493 e. The van der Waals surface area contributed by atoms with Crippen LogP contribution in [0.3, 0.4) is 0 Å². The van der Waals surface area contributed by atoms with Gasteiger partial charge in [-0.15, -0.1) is 0 Å². The Balaban J connectivity index is 3.06. The molecule has 1 atom stereocenters. The molecule has 4 nitrogen and oxygen atoms in total. The number of halogens is 1. The molecule has 0 spiro atoms. The number of methoxy groups -OCH3 is 2. The molecule has 0 saturated carbocycles. The third-order valence-corrected chi connectivity index (χ3v) is 3.39. The number of benzene rings is 1. The zero-order valence-corrected chi connectivity index (χ0v) is 12.6. The highest BCUT2D eigenvalue weighted by atomic mass is 79.9. The lowest BCUT2D eigenvalue weighted by Crippen LogP contribution is -2.25. The van der Waals surface area contributed by atoms with Gasteiger partial charge in [0.05, 0.1) is 26.9 Å². The van der Waals surface area contributed by atoms with Crippen LogP contribution >= 0.6 is 15.9 Å². The molecule has 102 valence electrons. The van der Waals surface area contributed by atoms with E-state index in [4.69, 9.17) is 9.47 Å². The van der Waals surface area contributed by atoms with Gasteiger partial charge in [-0.25, -0.2) is 0 Å². The van der Waals surface area contributed by atoms with E-state index in [2.05, 4.69) is 28.2 Å². The van der Waals surface area contributed by atoms with E-state index in [1.165, 1.54) is 0 Å². The molecule has 0 aliphatic heterocycles. The van der Waals surface area contributed by atoms with Gasteiger partial charge in [-0.1, -0.05) is 22.9 Å². The van der Waals surface area contributed by atoms with E-state index in [1.807, 2.05) is 12.1 Å². The van der Waals surface area contributed by atoms with Gasteiger partial charge in [-0.2, -0.15) is 0 Å². The Hall–Kier alpha value is -0.780. The first kappa shape index (κ1) is 15.3. The molecule has 0 aliphatic carbocycles. The second kappa shape index (κ2) is 7.61. The Morgan fingerprint density at radius 3 is 2.39 bits per heavy atom. The maximum Gasteiger partial charge on any atom is 0.161 e. The van der Waals surface area contributed by atoms with Gasteiger partial charge < -0.3 is 19.9 Å². The minimum atomic E-state index is -0.112. The van der Waals surface area contributed by atoms with E-state index in [9.17, 15) is 5.11 Å². The maximum atomic E-state index is 9.47. The van der Waals surface area contributed by atoms with Crippen molar-refractivity contribution in [1.29, 1.82) is 0 Å². The molecular weight excluding hydrogens is 298 g/mol. The fourth-order valence-electron chi connectivity index (χ4n) is 1.73. The zero-order valence-electron chi connectivity index (χ0n) is 11.0. The molecular formula is C13H20BrNO3. The molecule has 1 aromatic rings. The summed E-state index contributed by atoms with van der Waals surface area (Å²) in [6, 6.07) is 3.62. The van der Waals surface area contributed by atoms with Gasteiger partial charge >= 0.3 is 0 Å². The third-order valence-electron chi connectivity index (χ3n) is 2.70. The minimum Gasteiger partial charge on any atom is -0.493 e. The summed E-state index contributed by atoms with van der Waals surface area (Å²) < 4.78 is 11.4. The molecule has 18 heavy (non-hydrogen) atoms. The normalized spacial score (nSPS) is 12.3. The van der Waals surface area contributed by atoms with E-state index in [0.717, 1.165) is 23.0 Å². The molecule has 0 aliphatic rings. The van der Waals surface area contributed by atoms with Crippen LogP contribution in [0.1, 0.15) is 24.9 Å². The summed E-state index contributed by atoms with van der Waals surface area (Å²) in [5.74, 6) is 1.33. The van der Waals surface area contributed by atoms with Crippen LogP contribution in [0.5, 0.6) is 11.5 Å². The Morgan fingerprint density at radius 1 is 1.28 bits per heavy atom. The zero-order chi connectivity index (χ0) is 13.5. The van der Waals surface area contributed by atoms with Crippen LogP contribution in [-0.4, -0.2) is 32.5 Å². The van der Waals surface area contributed by atoms with Crippen LogP contribution < -0.4 is 14.8 Å². The Morgan fingerprint density at radius 2 is 1.89 bits per heavy atom. The standard InChI is InChI=1S/C13H20BrNO3/c1-4-5-15-11(8-16)9-6-12(17-2)13(18-3)7-10(9)14/h6-7,11,15-16H,4-5,8H2,1-3H3. The lowest BCUT2D eigenvalue weighted by Gasteiger charge is -2.19. The summed E-state index contributed by atoms with van der Waals surface area (Å²) >= 11 is 3.50. The van der Waals surface area contributed by atoms with Gasteiger partial charge in [0.25, 0.3) is 0 Å². The third kappa shape index (κ3) is 3.60. The van der Waals surface area contributed by atoms with Crippen LogP contribution in [-0.2, 0) is 0 Å². The molecule has 1 rings (SSSR count). The number of aliphatic hydroxyl groups is 1. The van der Waals surface area contributed by atoms with Crippen LogP contribution in [0.4, 0.5) is 0 Å². The first-order valence-corrected chi connectivity index (χ1v) is 6.72. The van der Waals surface area contributed by atoms with Crippen molar-refractivity contribution in [2.24, 2.45) is 0 Å². The van der Waals surface area contributed by atoms with Gasteiger partial charge in [0.2, 0.25) is 0 Å². The Kier molecular flexibility index (Phi) is 6.46. The van der Waals surface area contributed by atoms with E-state index in [0.29, 0.717) is 11.5 Å².